The van der Waals surface area contributed by atoms with Crippen LogP contribution in [0.1, 0.15) is 26.7 Å². The largest absolute Gasteiger partial charge is 0.356 e. The average molecular weight is 198 g/mol. The summed E-state index contributed by atoms with van der Waals surface area (Å²) in [5.41, 5.74) is 0. The maximum Gasteiger partial charge on any atom is 0.223 e. The second kappa shape index (κ2) is 5.35. The lowest BCUT2D eigenvalue weighted by Gasteiger charge is -2.15. The normalized spacial score (nSPS) is 20.2. The fraction of sp³-hybridized carbons (Fsp3) is 0.909. The molecule has 1 fully saturated rings. The van der Waals surface area contributed by atoms with Gasteiger partial charge in [-0.05, 0) is 38.3 Å². The Labute approximate surface area is 86.6 Å². The molecule has 0 aromatic heterocycles. The summed E-state index contributed by atoms with van der Waals surface area (Å²) < 4.78 is 0. The lowest BCUT2D eigenvalue weighted by molar-refractivity contribution is -0.125. The lowest BCUT2D eigenvalue weighted by atomic mass is 10.1. The van der Waals surface area contributed by atoms with E-state index in [9.17, 15) is 4.79 Å². The first-order chi connectivity index (χ1) is 6.65. The molecule has 1 saturated carbocycles. The van der Waals surface area contributed by atoms with E-state index >= 15 is 0 Å². The number of amides is 1. The maximum atomic E-state index is 11.6. The molecular weight excluding hydrogens is 176 g/mol. The third kappa shape index (κ3) is 3.66. The van der Waals surface area contributed by atoms with E-state index in [4.69, 9.17) is 0 Å². The summed E-state index contributed by atoms with van der Waals surface area (Å²) in [7, 11) is 1.94. The van der Waals surface area contributed by atoms with Crippen LogP contribution in [0.4, 0.5) is 0 Å². The van der Waals surface area contributed by atoms with Gasteiger partial charge in [-0.15, -0.1) is 0 Å². The van der Waals surface area contributed by atoms with Gasteiger partial charge in [0.1, 0.15) is 0 Å². The molecule has 0 bridgehead atoms. The Morgan fingerprint density at radius 3 is 2.50 bits per heavy atom. The second-order valence-electron chi connectivity index (χ2n) is 4.53. The minimum absolute atomic E-state index is 0.219. The summed E-state index contributed by atoms with van der Waals surface area (Å²) in [6.45, 7) is 5.92. The molecule has 82 valence electrons. The van der Waals surface area contributed by atoms with Gasteiger partial charge < -0.3 is 10.6 Å². The predicted molar refractivity (Wildman–Crippen MR) is 58.0 cm³/mol. The molecule has 1 aliphatic rings. The molecule has 1 aliphatic carbocycles. The van der Waals surface area contributed by atoms with Crippen molar-refractivity contribution in [2.75, 3.05) is 20.1 Å². The Kier molecular flexibility index (Phi) is 4.39. The smallest absolute Gasteiger partial charge is 0.223 e. The van der Waals surface area contributed by atoms with Gasteiger partial charge in [0.2, 0.25) is 5.91 Å². The quantitative estimate of drug-likeness (QED) is 0.668. The van der Waals surface area contributed by atoms with Crippen molar-refractivity contribution in [1.82, 2.24) is 10.6 Å². The topological polar surface area (TPSA) is 41.1 Å². The summed E-state index contributed by atoms with van der Waals surface area (Å²) in [4.78, 5) is 11.6. The van der Waals surface area contributed by atoms with Gasteiger partial charge in [0.15, 0.2) is 0 Å². The van der Waals surface area contributed by atoms with Crippen LogP contribution in [0.5, 0.6) is 0 Å². The van der Waals surface area contributed by atoms with Crippen LogP contribution in [-0.2, 0) is 4.79 Å². The van der Waals surface area contributed by atoms with Crippen molar-refractivity contribution in [3.8, 4) is 0 Å². The molecule has 0 saturated heterocycles. The van der Waals surface area contributed by atoms with Crippen molar-refractivity contribution in [3.63, 3.8) is 0 Å². The van der Waals surface area contributed by atoms with Gasteiger partial charge in [0.25, 0.3) is 0 Å². The standard InChI is InChI=1S/C11H22N2O/c1-8(6-12-3)7-13-11(14)9(2)10-4-5-10/h8-10,12H,4-7H2,1-3H3,(H,13,14). The lowest BCUT2D eigenvalue weighted by Crippen LogP contribution is -2.35. The van der Waals surface area contributed by atoms with Gasteiger partial charge in [-0.3, -0.25) is 4.79 Å². The molecule has 0 aromatic carbocycles. The van der Waals surface area contributed by atoms with Crippen LogP contribution >= 0.6 is 0 Å². The highest BCUT2D eigenvalue weighted by Gasteiger charge is 2.32. The summed E-state index contributed by atoms with van der Waals surface area (Å²) in [5, 5.41) is 6.11. The monoisotopic (exact) mass is 198 g/mol. The van der Waals surface area contributed by atoms with Gasteiger partial charge in [0, 0.05) is 12.5 Å². The van der Waals surface area contributed by atoms with Crippen molar-refractivity contribution < 1.29 is 4.79 Å². The van der Waals surface area contributed by atoms with Gasteiger partial charge in [0.05, 0.1) is 0 Å². The van der Waals surface area contributed by atoms with E-state index in [-0.39, 0.29) is 11.8 Å². The van der Waals surface area contributed by atoms with Gasteiger partial charge in [-0.1, -0.05) is 13.8 Å². The molecule has 0 radical (unpaired) electrons. The number of nitrogens with one attached hydrogen (secondary N) is 2. The van der Waals surface area contributed by atoms with E-state index < -0.39 is 0 Å². The fourth-order valence-corrected chi connectivity index (χ4v) is 1.67. The highest BCUT2D eigenvalue weighted by molar-refractivity contribution is 5.78. The number of hydrogen-bond acceptors (Lipinski definition) is 2. The van der Waals surface area contributed by atoms with E-state index in [1.807, 2.05) is 14.0 Å². The van der Waals surface area contributed by atoms with E-state index in [1.165, 1.54) is 12.8 Å². The van der Waals surface area contributed by atoms with Crippen molar-refractivity contribution in [3.05, 3.63) is 0 Å². The Morgan fingerprint density at radius 1 is 1.36 bits per heavy atom. The molecular formula is C11H22N2O. The van der Waals surface area contributed by atoms with E-state index in [0.717, 1.165) is 13.1 Å². The molecule has 0 heterocycles. The fourth-order valence-electron chi connectivity index (χ4n) is 1.67. The third-order valence-electron chi connectivity index (χ3n) is 2.92. The van der Waals surface area contributed by atoms with E-state index in [0.29, 0.717) is 11.8 Å². The Hall–Kier alpha value is -0.570. The van der Waals surface area contributed by atoms with Crippen molar-refractivity contribution in [1.29, 1.82) is 0 Å². The zero-order valence-corrected chi connectivity index (χ0v) is 9.47. The highest BCUT2D eigenvalue weighted by Crippen LogP contribution is 2.36. The Bertz CT molecular complexity index is 190. The third-order valence-corrected chi connectivity index (χ3v) is 2.92. The first kappa shape index (κ1) is 11.5. The minimum atomic E-state index is 0.219. The van der Waals surface area contributed by atoms with Gasteiger partial charge in [-0.2, -0.15) is 0 Å². The first-order valence-corrected chi connectivity index (χ1v) is 5.57. The Morgan fingerprint density at radius 2 is 2.00 bits per heavy atom. The summed E-state index contributed by atoms with van der Waals surface area (Å²) in [6, 6.07) is 0. The van der Waals surface area contributed by atoms with Crippen LogP contribution in [0.2, 0.25) is 0 Å². The van der Waals surface area contributed by atoms with E-state index in [1.54, 1.807) is 0 Å². The molecule has 1 rings (SSSR count). The van der Waals surface area contributed by atoms with Crippen LogP contribution < -0.4 is 10.6 Å². The second-order valence-corrected chi connectivity index (χ2v) is 4.53. The average Bonchev–Trinajstić information content (AvgIpc) is 2.96. The Balaban J connectivity index is 2.13. The minimum Gasteiger partial charge on any atom is -0.356 e. The van der Waals surface area contributed by atoms with Crippen LogP contribution in [0.3, 0.4) is 0 Å². The molecule has 0 aliphatic heterocycles. The molecule has 14 heavy (non-hydrogen) atoms. The number of carbonyl (C=O) groups is 1. The van der Waals surface area contributed by atoms with Crippen molar-refractivity contribution in [2.24, 2.45) is 17.8 Å². The van der Waals surface area contributed by atoms with Crippen LogP contribution in [0.25, 0.3) is 0 Å². The summed E-state index contributed by atoms with van der Waals surface area (Å²) in [6.07, 6.45) is 2.47. The molecule has 2 atom stereocenters. The number of hydrogen-bond donors (Lipinski definition) is 2. The zero-order valence-electron chi connectivity index (χ0n) is 9.47. The highest BCUT2D eigenvalue weighted by atomic mass is 16.1. The maximum absolute atomic E-state index is 11.6. The van der Waals surface area contributed by atoms with Crippen LogP contribution in [-0.4, -0.2) is 26.0 Å². The van der Waals surface area contributed by atoms with Crippen LogP contribution in [0.15, 0.2) is 0 Å². The molecule has 0 spiro atoms. The number of rotatable bonds is 6. The zero-order chi connectivity index (χ0) is 10.6. The molecule has 3 heteroatoms. The molecule has 1 amide bonds. The first-order valence-electron chi connectivity index (χ1n) is 5.57. The molecule has 2 unspecified atom stereocenters. The van der Waals surface area contributed by atoms with Gasteiger partial charge in [-0.25, -0.2) is 0 Å². The number of carbonyl (C=O) groups excluding carboxylic acids is 1. The summed E-state index contributed by atoms with van der Waals surface area (Å²) >= 11 is 0. The van der Waals surface area contributed by atoms with Crippen molar-refractivity contribution >= 4 is 5.91 Å². The SMILES string of the molecule is CNCC(C)CNC(=O)C(C)C1CC1. The predicted octanol–water partition coefficient (Wildman–Crippen LogP) is 1.00. The van der Waals surface area contributed by atoms with Gasteiger partial charge >= 0.3 is 0 Å². The summed E-state index contributed by atoms with van der Waals surface area (Å²) in [5.74, 6) is 1.62. The van der Waals surface area contributed by atoms with Crippen molar-refractivity contribution in [2.45, 2.75) is 26.7 Å². The molecule has 0 aromatic rings. The van der Waals surface area contributed by atoms with E-state index in [2.05, 4.69) is 17.6 Å². The van der Waals surface area contributed by atoms with Crippen LogP contribution in [0, 0.1) is 17.8 Å². The molecule has 2 N–H and O–H groups in total. The molecule has 3 nitrogen and oxygen atoms in total.